The second-order valence-corrected chi connectivity index (χ2v) is 4.71. The summed E-state index contributed by atoms with van der Waals surface area (Å²) in [6.45, 7) is 0. The van der Waals surface area contributed by atoms with Gasteiger partial charge in [0.1, 0.15) is 5.82 Å². The van der Waals surface area contributed by atoms with Crippen molar-refractivity contribution in [1.82, 2.24) is 4.98 Å². The second-order valence-electron chi connectivity index (χ2n) is 3.68. The maximum atomic E-state index is 12.5. The van der Waals surface area contributed by atoms with Gasteiger partial charge in [-0.05, 0) is 18.2 Å². The molecule has 0 saturated carbocycles. The summed E-state index contributed by atoms with van der Waals surface area (Å²) in [5, 5.41) is 6.04. The summed E-state index contributed by atoms with van der Waals surface area (Å²) < 4.78 is 24.9. The van der Waals surface area contributed by atoms with Crippen LogP contribution in [0.4, 0.5) is 26.0 Å². The highest BCUT2D eigenvalue weighted by atomic mass is 32.2. The Morgan fingerprint density at radius 2 is 2.00 bits per heavy atom. The Morgan fingerprint density at radius 3 is 2.74 bits per heavy atom. The number of aromatic nitrogens is 1. The first kappa shape index (κ1) is 13.6. The first-order valence-electron chi connectivity index (χ1n) is 5.63. The van der Waals surface area contributed by atoms with Gasteiger partial charge in [0.25, 0.3) is 5.76 Å². The average molecular weight is 281 g/mol. The first-order valence-corrected chi connectivity index (χ1v) is 6.51. The zero-order valence-corrected chi connectivity index (χ0v) is 11.0. The minimum absolute atomic E-state index is 0.514. The highest BCUT2D eigenvalue weighted by molar-refractivity contribution is 7.99. The third kappa shape index (κ3) is 3.82. The Bertz CT molecular complexity index is 549. The summed E-state index contributed by atoms with van der Waals surface area (Å²) in [6, 6.07) is 10.6. The summed E-state index contributed by atoms with van der Waals surface area (Å²) >= 11 is 0.527. The number of alkyl halides is 2. The molecule has 0 spiro atoms. The van der Waals surface area contributed by atoms with E-state index in [-0.39, 0.29) is 0 Å². The lowest BCUT2D eigenvalue weighted by molar-refractivity contribution is 0.252. The van der Waals surface area contributed by atoms with Crippen LogP contribution in [0.15, 0.2) is 47.5 Å². The van der Waals surface area contributed by atoms with E-state index in [1.165, 1.54) is 0 Å². The predicted octanol–water partition coefficient (Wildman–Crippen LogP) is 4.18. The van der Waals surface area contributed by atoms with Gasteiger partial charge < -0.3 is 10.6 Å². The van der Waals surface area contributed by atoms with Crippen LogP contribution in [0.1, 0.15) is 0 Å². The molecule has 1 aromatic carbocycles. The number of halogens is 2. The van der Waals surface area contributed by atoms with Crippen molar-refractivity contribution in [3.05, 3.63) is 42.6 Å². The molecular weight excluding hydrogens is 268 g/mol. The molecule has 0 radical (unpaired) electrons. The molecule has 100 valence electrons. The summed E-state index contributed by atoms with van der Waals surface area (Å²) in [7, 11) is 1.77. The van der Waals surface area contributed by atoms with E-state index in [2.05, 4.69) is 15.6 Å². The maximum absolute atomic E-state index is 12.5. The van der Waals surface area contributed by atoms with E-state index in [0.29, 0.717) is 28.2 Å². The van der Waals surface area contributed by atoms with E-state index < -0.39 is 5.76 Å². The van der Waals surface area contributed by atoms with Crippen LogP contribution in [0.25, 0.3) is 0 Å². The van der Waals surface area contributed by atoms with Crippen LogP contribution < -0.4 is 10.6 Å². The summed E-state index contributed by atoms with van der Waals surface area (Å²) in [5.74, 6) is -1.72. The van der Waals surface area contributed by atoms with E-state index in [1.807, 2.05) is 6.07 Å². The van der Waals surface area contributed by atoms with Gasteiger partial charge >= 0.3 is 0 Å². The fourth-order valence-electron chi connectivity index (χ4n) is 1.57. The van der Waals surface area contributed by atoms with E-state index in [9.17, 15) is 8.78 Å². The molecule has 2 aromatic rings. The standard InChI is InChI=1S/C13H13F2N3S/c1-16-12-8-9(6-7-17-12)18-10-4-2-3-5-11(10)19-13(14)15/h2-8,13H,1H3,(H2,16,17,18). The Hall–Kier alpha value is -1.82. The monoisotopic (exact) mass is 281 g/mol. The highest BCUT2D eigenvalue weighted by Crippen LogP contribution is 2.33. The van der Waals surface area contributed by atoms with Crippen LogP contribution in [-0.2, 0) is 0 Å². The second kappa shape index (κ2) is 6.38. The molecule has 0 aliphatic heterocycles. The normalized spacial score (nSPS) is 10.5. The zero-order valence-electron chi connectivity index (χ0n) is 10.2. The molecule has 2 rings (SSSR count). The molecular formula is C13H13F2N3S. The fourth-order valence-corrected chi connectivity index (χ4v) is 2.16. The van der Waals surface area contributed by atoms with Crippen molar-refractivity contribution in [1.29, 1.82) is 0 Å². The van der Waals surface area contributed by atoms with Gasteiger partial charge in [-0.2, -0.15) is 8.78 Å². The summed E-state index contributed by atoms with van der Waals surface area (Å²) in [5.41, 5.74) is 1.45. The number of nitrogens with zero attached hydrogens (tertiary/aromatic N) is 1. The number of thioether (sulfide) groups is 1. The molecule has 0 bridgehead atoms. The lowest BCUT2D eigenvalue weighted by Crippen LogP contribution is -1.96. The number of anilines is 3. The quantitative estimate of drug-likeness (QED) is 0.806. The van der Waals surface area contributed by atoms with Crippen LogP contribution in [0.2, 0.25) is 0 Å². The van der Waals surface area contributed by atoms with Gasteiger partial charge in [-0.1, -0.05) is 23.9 Å². The van der Waals surface area contributed by atoms with Crippen molar-refractivity contribution >= 4 is 29.0 Å². The summed E-state index contributed by atoms with van der Waals surface area (Å²) in [6.07, 6.45) is 1.65. The van der Waals surface area contributed by atoms with Gasteiger partial charge in [0.15, 0.2) is 0 Å². The Labute approximate surface area is 114 Å². The molecule has 2 N–H and O–H groups in total. The van der Waals surface area contributed by atoms with Crippen molar-refractivity contribution in [2.24, 2.45) is 0 Å². The number of rotatable bonds is 5. The van der Waals surface area contributed by atoms with Crippen molar-refractivity contribution in [3.63, 3.8) is 0 Å². The lowest BCUT2D eigenvalue weighted by atomic mass is 10.3. The average Bonchev–Trinajstić information content (AvgIpc) is 2.41. The molecule has 0 atom stereocenters. The van der Waals surface area contributed by atoms with Crippen LogP contribution in [0.5, 0.6) is 0 Å². The van der Waals surface area contributed by atoms with E-state index >= 15 is 0 Å². The third-order valence-electron chi connectivity index (χ3n) is 2.40. The van der Waals surface area contributed by atoms with Crippen molar-refractivity contribution < 1.29 is 8.78 Å². The van der Waals surface area contributed by atoms with E-state index in [4.69, 9.17) is 0 Å². The maximum Gasteiger partial charge on any atom is 0.288 e. The Kier molecular flexibility index (Phi) is 4.57. The molecule has 0 unspecified atom stereocenters. The number of nitrogens with one attached hydrogen (secondary N) is 2. The molecule has 1 aromatic heterocycles. The van der Waals surface area contributed by atoms with Gasteiger partial charge in [0.2, 0.25) is 0 Å². The van der Waals surface area contributed by atoms with Gasteiger partial charge in [-0.15, -0.1) is 0 Å². The number of pyridine rings is 1. The smallest absolute Gasteiger partial charge is 0.288 e. The van der Waals surface area contributed by atoms with Gasteiger partial charge in [-0.3, -0.25) is 0 Å². The number of benzene rings is 1. The van der Waals surface area contributed by atoms with Gasteiger partial charge in [-0.25, -0.2) is 4.98 Å². The first-order chi connectivity index (χ1) is 9.19. The molecule has 0 amide bonds. The number of hydrogen-bond acceptors (Lipinski definition) is 4. The predicted molar refractivity (Wildman–Crippen MR) is 75.4 cm³/mol. The topological polar surface area (TPSA) is 37.0 Å². The number of hydrogen-bond donors (Lipinski definition) is 2. The van der Waals surface area contributed by atoms with E-state index in [1.54, 1.807) is 43.6 Å². The zero-order chi connectivity index (χ0) is 13.7. The summed E-state index contributed by atoms with van der Waals surface area (Å²) in [4.78, 5) is 4.61. The number of para-hydroxylation sites is 1. The molecule has 0 aliphatic carbocycles. The Balaban J connectivity index is 2.22. The molecule has 0 fully saturated rings. The molecule has 6 heteroatoms. The third-order valence-corrected chi connectivity index (χ3v) is 3.19. The molecule has 1 heterocycles. The van der Waals surface area contributed by atoms with Crippen molar-refractivity contribution in [2.75, 3.05) is 17.7 Å². The highest BCUT2D eigenvalue weighted by Gasteiger charge is 2.09. The van der Waals surface area contributed by atoms with E-state index in [0.717, 1.165) is 5.69 Å². The van der Waals surface area contributed by atoms with Crippen LogP contribution in [-0.4, -0.2) is 17.8 Å². The minimum atomic E-state index is -2.44. The lowest BCUT2D eigenvalue weighted by Gasteiger charge is -2.12. The molecule has 19 heavy (non-hydrogen) atoms. The SMILES string of the molecule is CNc1cc(Nc2ccccc2SC(F)F)ccn1. The Morgan fingerprint density at radius 1 is 1.21 bits per heavy atom. The molecule has 3 nitrogen and oxygen atoms in total. The molecule has 0 aliphatic rings. The van der Waals surface area contributed by atoms with Gasteiger partial charge in [0, 0.05) is 29.9 Å². The van der Waals surface area contributed by atoms with Gasteiger partial charge in [0.05, 0.1) is 5.69 Å². The van der Waals surface area contributed by atoms with Crippen LogP contribution in [0.3, 0.4) is 0 Å². The van der Waals surface area contributed by atoms with Crippen LogP contribution >= 0.6 is 11.8 Å². The molecule has 0 saturated heterocycles. The largest absolute Gasteiger partial charge is 0.373 e. The van der Waals surface area contributed by atoms with Crippen molar-refractivity contribution in [2.45, 2.75) is 10.7 Å². The van der Waals surface area contributed by atoms with Crippen molar-refractivity contribution in [3.8, 4) is 0 Å². The fraction of sp³-hybridized carbons (Fsp3) is 0.154. The van der Waals surface area contributed by atoms with Crippen LogP contribution in [0, 0.1) is 0 Å². The minimum Gasteiger partial charge on any atom is -0.373 e.